The van der Waals surface area contributed by atoms with E-state index in [0.29, 0.717) is 21.8 Å². The minimum atomic E-state index is -0.477. The van der Waals surface area contributed by atoms with Gasteiger partial charge in [0.2, 0.25) is 0 Å². The number of halogens is 2. The number of aryl methyl sites for hydroxylation is 1. The maximum absolute atomic E-state index is 13.6. The maximum atomic E-state index is 13.6. The number of nitrogens with one attached hydrogen (secondary N) is 1. The van der Waals surface area contributed by atoms with Gasteiger partial charge in [-0.3, -0.25) is 4.79 Å². The zero-order valence-corrected chi connectivity index (χ0v) is 11.0. The standard InChI is InChI=1S/C14H12ClFN2O/c1-8-3-2-4-11(16)13(8)18-14(19)9-5-6-10(15)12(17)7-9/h2-7H,17H2,1H3,(H,18,19). The molecule has 0 aliphatic carbocycles. The van der Waals surface area contributed by atoms with Gasteiger partial charge < -0.3 is 11.1 Å². The number of amides is 1. The molecule has 0 heterocycles. The molecule has 3 N–H and O–H groups in total. The molecule has 0 saturated heterocycles. The molecule has 3 nitrogen and oxygen atoms in total. The van der Waals surface area contributed by atoms with E-state index < -0.39 is 11.7 Å². The summed E-state index contributed by atoms with van der Waals surface area (Å²) in [6.07, 6.45) is 0. The van der Waals surface area contributed by atoms with Crippen LogP contribution in [0.15, 0.2) is 36.4 Å². The summed E-state index contributed by atoms with van der Waals surface area (Å²) in [5, 5.41) is 2.90. The number of carbonyl (C=O) groups excluding carboxylic acids is 1. The molecular formula is C14H12ClFN2O. The number of anilines is 2. The van der Waals surface area contributed by atoms with Crippen LogP contribution in [-0.4, -0.2) is 5.91 Å². The normalized spacial score (nSPS) is 10.3. The Morgan fingerprint density at radius 1 is 1.32 bits per heavy atom. The van der Waals surface area contributed by atoms with E-state index in [4.69, 9.17) is 17.3 Å². The second-order valence-corrected chi connectivity index (χ2v) is 4.53. The third kappa shape index (κ3) is 2.85. The Morgan fingerprint density at radius 2 is 2.05 bits per heavy atom. The van der Waals surface area contributed by atoms with Crippen LogP contribution in [0.3, 0.4) is 0 Å². The highest BCUT2D eigenvalue weighted by molar-refractivity contribution is 6.33. The van der Waals surface area contributed by atoms with Crippen LogP contribution in [0.1, 0.15) is 15.9 Å². The average Bonchev–Trinajstić information content (AvgIpc) is 2.37. The number of hydrogen-bond donors (Lipinski definition) is 2. The first kappa shape index (κ1) is 13.4. The third-order valence-electron chi connectivity index (χ3n) is 2.72. The molecule has 0 saturated carbocycles. The van der Waals surface area contributed by atoms with Crippen molar-refractivity contribution in [2.24, 2.45) is 0 Å². The van der Waals surface area contributed by atoms with Crippen LogP contribution in [0, 0.1) is 12.7 Å². The molecule has 0 spiro atoms. The van der Waals surface area contributed by atoms with Gasteiger partial charge in [0, 0.05) is 5.56 Å². The van der Waals surface area contributed by atoms with Crippen LogP contribution in [0.5, 0.6) is 0 Å². The summed E-state index contributed by atoms with van der Waals surface area (Å²) in [4.78, 5) is 12.0. The van der Waals surface area contributed by atoms with Crippen molar-refractivity contribution >= 4 is 28.9 Å². The van der Waals surface area contributed by atoms with Gasteiger partial charge in [-0.05, 0) is 36.8 Å². The number of benzene rings is 2. The molecule has 0 aromatic heterocycles. The molecule has 0 bridgehead atoms. The fourth-order valence-electron chi connectivity index (χ4n) is 1.66. The van der Waals surface area contributed by atoms with Crippen LogP contribution >= 0.6 is 11.6 Å². The topological polar surface area (TPSA) is 55.1 Å². The molecule has 0 atom stereocenters. The van der Waals surface area contributed by atoms with E-state index >= 15 is 0 Å². The molecule has 1 amide bonds. The van der Waals surface area contributed by atoms with Gasteiger partial charge >= 0.3 is 0 Å². The molecule has 5 heteroatoms. The largest absolute Gasteiger partial charge is 0.398 e. The molecule has 0 unspecified atom stereocenters. The van der Waals surface area contributed by atoms with Crippen molar-refractivity contribution in [3.05, 3.63) is 58.4 Å². The summed E-state index contributed by atoms with van der Waals surface area (Å²) in [5.74, 6) is -0.910. The molecule has 2 rings (SSSR count). The molecule has 2 aromatic rings. The van der Waals surface area contributed by atoms with Gasteiger partial charge in [-0.15, -0.1) is 0 Å². The fourth-order valence-corrected chi connectivity index (χ4v) is 1.78. The Morgan fingerprint density at radius 3 is 2.68 bits per heavy atom. The molecule has 2 aromatic carbocycles. The van der Waals surface area contributed by atoms with E-state index in [2.05, 4.69) is 5.32 Å². The van der Waals surface area contributed by atoms with Gasteiger partial charge in [0.05, 0.1) is 16.4 Å². The Balaban J connectivity index is 2.28. The highest BCUT2D eigenvalue weighted by Gasteiger charge is 2.12. The summed E-state index contributed by atoms with van der Waals surface area (Å²) in [6.45, 7) is 1.72. The van der Waals surface area contributed by atoms with Crippen molar-refractivity contribution in [1.29, 1.82) is 0 Å². The van der Waals surface area contributed by atoms with E-state index in [9.17, 15) is 9.18 Å². The first-order valence-corrected chi connectivity index (χ1v) is 5.98. The molecule has 19 heavy (non-hydrogen) atoms. The summed E-state index contributed by atoms with van der Waals surface area (Å²) >= 11 is 5.78. The second-order valence-electron chi connectivity index (χ2n) is 4.12. The van der Waals surface area contributed by atoms with Crippen molar-refractivity contribution in [3.63, 3.8) is 0 Å². The van der Waals surface area contributed by atoms with E-state index in [1.54, 1.807) is 19.1 Å². The van der Waals surface area contributed by atoms with E-state index in [1.165, 1.54) is 24.3 Å². The lowest BCUT2D eigenvalue weighted by atomic mass is 10.1. The molecule has 0 fully saturated rings. The molecular weight excluding hydrogens is 267 g/mol. The van der Waals surface area contributed by atoms with Crippen LogP contribution in [-0.2, 0) is 0 Å². The van der Waals surface area contributed by atoms with E-state index in [1.807, 2.05) is 0 Å². The highest BCUT2D eigenvalue weighted by atomic mass is 35.5. The highest BCUT2D eigenvalue weighted by Crippen LogP contribution is 2.22. The van der Waals surface area contributed by atoms with Crippen LogP contribution in [0.4, 0.5) is 15.8 Å². The minimum Gasteiger partial charge on any atom is -0.398 e. The van der Waals surface area contributed by atoms with Gasteiger partial charge in [0.15, 0.2) is 0 Å². The average molecular weight is 279 g/mol. The van der Waals surface area contributed by atoms with Crippen LogP contribution < -0.4 is 11.1 Å². The lowest BCUT2D eigenvalue weighted by molar-refractivity contribution is 0.102. The number of para-hydroxylation sites is 1. The monoisotopic (exact) mass is 278 g/mol. The first-order valence-electron chi connectivity index (χ1n) is 5.60. The third-order valence-corrected chi connectivity index (χ3v) is 3.06. The van der Waals surface area contributed by atoms with Crippen molar-refractivity contribution in [2.45, 2.75) is 6.92 Å². The number of rotatable bonds is 2. The van der Waals surface area contributed by atoms with Gasteiger partial charge in [-0.25, -0.2) is 4.39 Å². The first-order chi connectivity index (χ1) is 8.99. The van der Waals surface area contributed by atoms with Gasteiger partial charge in [0.1, 0.15) is 5.82 Å². The predicted octanol–water partition coefficient (Wildman–Crippen LogP) is 3.62. The van der Waals surface area contributed by atoms with Crippen LogP contribution in [0.25, 0.3) is 0 Å². The van der Waals surface area contributed by atoms with Crippen molar-refractivity contribution in [1.82, 2.24) is 0 Å². The summed E-state index contributed by atoms with van der Waals surface area (Å²) in [5.41, 5.74) is 7.07. The Labute approximate surface area is 115 Å². The van der Waals surface area contributed by atoms with Crippen molar-refractivity contribution in [3.8, 4) is 0 Å². The minimum absolute atomic E-state index is 0.168. The number of hydrogen-bond acceptors (Lipinski definition) is 2. The molecule has 0 radical (unpaired) electrons. The zero-order chi connectivity index (χ0) is 14.0. The summed E-state index contributed by atoms with van der Waals surface area (Å²) in [7, 11) is 0. The maximum Gasteiger partial charge on any atom is 0.255 e. The molecule has 0 aliphatic rings. The Hall–Kier alpha value is -2.07. The van der Waals surface area contributed by atoms with Crippen molar-refractivity contribution < 1.29 is 9.18 Å². The summed E-state index contributed by atoms with van der Waals surface area (Å²) < 4.78 is 13.6. The van der Waals surface area contributed by atoms with Crippen LogP contribution in [0.2, 0.25) is 5.02 Å². The zero-order valence-electron chi connectivity index (χ0n) is 10.2. The number of nitrogens with two attached hydrogens (primary N) is 1. The lowest BCUT2D eigenvalue weighted by Gasteiger charge is -2.10. The van der Waals surface area contributed by atoms with E-state index in [0.717, 1.165) is 0 Å². The smallest absolute Gasteiger partial charge is 0.255 e. The van der Waals surface area contributed by atoms with E-state index in [-0.39, 0.29) is 5.69 Å². The predicted molar refractivity (Wildman–Crippen MR) is 75.0 cm³/mol. The SMILES string of the molecule is Cc1cccc(F)c1NC(=O)c1ccc(Cl)c(N)c1. The van der Waals surface area contributed by atoms with Gasteiger partial charge in [-0.2, -0.15) is 0 Å². The van der Waals surface area contributed by atoms with Gasteiger partial charge in [0.25, 0.3) is 5.91 Å². The Kier molecular flexibility index (Phi) is 3.71. The lowest BCUT2D eigenvalue weighted by Crippen LogP contribution is -2.14. The number of carbonyl (C=O) groups is 1. The van der Waals surface area contributed by atoms with Gasteiger partial charge in [-0.1, -0.05) is 23.7 Å². The molecule has 98 valence electrons. The fraction of sp³-hybridized carbons (Fsp3) is 0.0714. The molecule has 0 aliphatic heterocycles. The van der Waals surface area contributed by atoms with Crippen molar-refractivity contribution in [2.75, 3.05) is 11.1 Å². The number of nitrogen functional groups attached to an aromatic ring is 1. The Bertz CT molecular complexity index is 623. The quantitative estimate of drug-likeness (QED) is 0.824. The second kappa shape index (κ2) is 5.28. The summed E-state index contributed by atoms with van der Waals surface area (Å²) in [6, 6.07) is 9.10.